The van der Waals surface area contributed by atoms with Gasteiger partial charge in [0, 0.05) is 5.41 Å². The highest BCUT2D eigenvalue weighted by atomic mass is 16.5. The molecule has 0 unspecified atom stereocenters. The first kappa shape index (κ1) is 19.6. The van der Waals surface area contributed by atoms with Gasteiger partial charge in [0.25, 0.3) is 0 Å². The second kappa shape index (κ2) is 7.71. The van der Waals surface area contributed by atoms with Crippen molar-refractivity contribution in [2.24, 2.45) is 17.3 Å². The topological polar surface area (TPSA) is 65.0 Å². The Morgan fingerprint density at radius 2 is 1.80 bits per heavy atom. The normalized spacial score (nSPS) is 32.0. The Kier molecular flexibility index (Phi) is 5.03. The molecule has 2 aliphatic heterocycles. The summed E-state index contributed by atoms with van der Waals surface area (Å²) in [6.07, 6.45) is 4.86. The Hall–Kier alpha value is -2.37. The largest absolute Gasteiger partial charge is 0.481 e. The van der Waals surface area contributed by atoms with E-state index in [0.717, 1.165) is 43.6 Å². The van der Waals surface area contributed by atoms with Crippen LogP contribution in [0, 0.1) is 17.3 Å². The second-order valence-corrected chi connectivity index (χ2v) is 9.18. The highest BCUT2D eigenvalue weighted by Crippen LogP contribution is 2.54. The fourth-order valence-electron chi connectivity index (χ4n) is 4.95. The average molecular weight is 408 g/mol. The standard InChI is InChI=1S/C25H28O5/c26-23(27)22-13-18(22)15-28-16-24-9-11-25(12-10-24,29-17-24)19-5-4-8-21(14-19)30-20-6-2-1-3-7-20/h1-8,14,18,22H,9-13,15-17H2,(H,26,27)/t18-,22+,24?,25?/m1/s1. The van der Waals surface area contributed by atoms with Crippen LogP contribution in [0.5, 0.6) is 11.5 Å². The molecule has 2 bridgehead atoms. The lowest BCUT2D eigenvalue weighted by molar-refractivity contribution is -0.205. The van der Waals surface area contributed by atoms with Crippen molar-refractivity contribution >= 4 is 5.97 Å². The van der Waals surface area contributed by atoms with Crippen LogP contribution in [-0.2, 0) is 19.9 Å². The molecule has 30 heavy (non-hydrogen) atoms. The van der Waals surface area contributed by atoms with Gasteiger partial charge >= 0.3 is 5.97 Å². The first-order chi connectivity index (χ1) is 14.6. The molecule has 2 aromatic carbocycles. The summed E-state index contributed by atoms with van der Waals surface area (Å²) in [6.45, 7) is 1.93. The molecule has 0 aromatic heterocycles. The summed E-state index contributed by atoms with van der Waals surface area (Å²) in [5.41, 5.74) is 1.03. The van der Waals surface area contributed by atoms with Crippen molar-refractivity contribution in [3.63, 3.8) is 0 Å². The molecule has 2 atom stereocenters. The average Bonchev–Trinajstić information content (AvgIpc) is 3.56. The minimum Gasteiger partial charge on any atom is -0.481 e. The molecular weight excluding hydrogens is 380 g/mol. The van der Waals surface area contributed by atoms with Gasteiger partial charge in [0.1, 0.15) is 11.5 Å². The van der Waals surface area contributed by atoms with Gasteiger partial charge in [0.05, 0.1) is 31.3 Å². The molecule has 4 fully saturated rings. The van der Waals surface area contributed by atoms with Crippen LogP contribution >= 0.6 is 0 Å². The number of benzene rings is 2. The third kappa shape index (κ3) is 3.84. The smallest absolute Gasteiger partial charge is 0.306 e. The summed E-state index contributed by atoms with van der Waals surface area (Å²) in [4.78, 5) is 11.0. The molecule has 2 saturated carbocycles. The van der Waals surface area contributed by atoms with E-state index in [9.17, 15) is 4.79 Å². The maximum atomic E-state index is 11.0. The first-order valence-corrected chi connectivity index (χ1v) is 10.9. The van der Waals surface area contributed by atoms with Crippen molar-refractivity contribution in [1.29, 1.82) is 0 Å². The summed E-state index contributed by atoms with van der Waals surface area (Å²) < 4.78 is 18.4. The van der Waals surface area contributed by atoms with Gasteiger partial charge in [0.2, 0.25) is 0 Å². The van der Waals surface area contributed by atoms with Gasteiger partial charge in [-0.05, 0) is 67.9 Å². The molecule has 5 heteroatoms. The maximum absolute atomic E-state index is 11.0. The highest BCUT2D eigenvalue weighted by Gasteiger charge is 2.51. The van der Waals surface area contributed by atoms with E-state index in [1.165, 1.54) is 5.56 Å². The zero-order valence-corrected chi connectivity index (χ0v) is 17.1. The summed E-state index contributed by atoms with van der Waals surface area (Å²) >= 11 is 0. The summed E-state index contributed by atoms with van der Waals surface area (Å²) in [7, 11) is 0. The number of fused-ring (bicyclic) bond motifs is 3. The molecule has 0 radical (unpaired) electrons. The fourth-order valence-corrected chi connectivity index (χ4v) is 4.95. The van der Waals surface area contributed by atoms with E-state index in [-0.39, 0.29) is 22.9 Å². The van der Waals surface area contributed by atoms with E-state index in [1.807, 2.05) is 42.5 Å². The quantitative estimate of drug-likeness (QED) is 0.666. The second-order valence-electron chi connectivity index (χ2n) is 9.18. The Labute approximate surface area is 177 Å². The third-order valence-corrected chi connectivity index (χ3v) is 7.09. The van der Waals surface area contributed by atoms with E-state index in [0.29, 0.717) is 19.8 Å². The molecular formula is C25H28O5. The third-order valence-electron chi connectivity index (χ3n) is 7.09. The summed E-state index contributed by atoms with van der Waals surface area (Å²) in [5.74, 6) is 0.966. The molecule has 0 amide bonds. The van der Waals surface area contributed by atoms with E-state index >= 15 is 0 Å². The van der Waals surface area contributed by atoms with E-state index in [2.05, 4.69) is 12.1 Å². The van der Waals surface area contributed by atoms with Gasteiger partial charge in [0.15, 0.2) is 0 Å². The zero-order chi connectivity index (χ0) is 20.6. The molecule has 2 aromatic rings. The molecule has 2 saturated heterocycles. The molecule has 2 heterocycles. The number of rotatable bonds is 8. The maximum Gasteiger partial charge on any atom is 0.306 e. The van der Waals surface area contributed by atoms with E-state index in [1.54, 1.807) is 0 Å². The number of carboxylic acid groups (broad SMARTS) is 1. The first-order valence-electron chi connectivity index (χ1n) is 10.9. The monoisotopic (exact) mass is 408 g/mol. The number of aliphatic carboxylic acids is 1. The van der Waals surface area contributed by atoms with Gasteiger partial charge in [-0.25, -0.2) is 0 Å². The molecule has 0 spiro atoms. The van der Waals surface area contributed by atoms with E-state index in [4.69, 9.17) is 19.3 Å². The van der Waals surface area contributed by atoms with Gasteiger partial charge in [-0.1, -0.05) is 30.3 Å². The zero-order valence-electron chi connectivity index (χ0n) is 17.1. The Morgan fingerprint density at radius 3 is 2.47 bits per heavy atom. The van der Waals surface area contributed by atoms with E-state index < -0.39 is 5.97 Å². The number of hydrogen-bond acceptors (Lipinski definition) is 4. The van der Waals surface area contributed by atoms with Crippen LogP contribution in [0.3, 0.4) is 0 Å². The van der Waals surface area contributed by atoms with Crippen LogP contribution < -0.4 is 4.74 Å². The predicted octanol–water partition coefficient (Wildman–Crippen LogP) is 5.00. The number of hydrogen-bond donors (Lipinski definition) is 1. The van der Waals surface area contributed by atoms with Gasteiger partial charge in [-0.3, -0.25) is 4.79 Å². The van der Waals surface area contributed by atoms with Gasteiger partial charge in [-0.15, -0.1) is 0 Å². The van der Waals surface area contributed by atoms with Crippen molar-refractivity contribution in [2.45, 2.75) is 37.7 Å². The van der Waals surface area contributed by atoms with Crippen LogP contribution in [-0.4, -0.2) is 30.9 Å². The SMILES string of the molecule is O=C(O)[C@H]1C[C@@H]1COCC12CCC(c3cccc(Oc4ccccc4)c3)(CC1)OC2. The lowest BCUT2D eigenvalue weighted by atomic mass is 9.64. The number of carbonyl (C=O) groups is 1. The number of carboxylic acids is 1. The number of para-hydroxylation sites is 1. The minimum atomic E-state index is -0.691. The van der Waals surface area contributed by atoms with Crippen molar-refractivity contribution < 1.29 is 24.1 Å². The highest BCUT2D eigenvalue weighted by molar-refractivity contribution is 5.73. The van der Waals surface area contributed by atoms with Crippen LogP contribution in [0.4, 0.5) is 0 Å². The predicted molar refractivity (Wildman–Crippen MR) is 112 cm³/mol. The van der Waals surface area contributed by atoms with Crippen molar-refractivity contribution in [3.8, 4) is 11.5 Å². The van der Waals surface area contributed by atoms with Gasteiger partial charge < -0.3 is 19.3 Å². The van der Waals surface area contributed by atoms with Crippen LogP contribution in [0.2, 0.25) is 0 Å². The van der Waals surface area contributed by atoms with Crippen LogP contribution in [0.25, 0.3) is 0 Å². The molecule has 1 N–H and O–H groups in total. The lowest BCUT2D eigenvalue weighted by Gasteiger charge is -2.53. The van der Waals surface area contributed by atoms with Crippen molar-refractivity contribution in [1.82, 2.24) is 0 Å². The molecule has 2 aliphatic carbocycles. The molecule has 4 aliphatic rings. The van der Waals surface area contributed by atoms with Crippen molar-refractivity contribution in [3.05, 3.63) is 60.2 Å². The molecule has 5 nitrogen and oxygen atoms in total. The Bertz CT molecular complexity index is 884. The van der Waals surface area contributed by atoms with Crippen LogP contribution in [0.15, 0.2) is 54.6 Å². The lowest BCUT2D eigenvalue weighted by Crippen LogP contribution is -2.51. The Balaban J connectivity index is 1.19. The van der Waals surface area contributed by atoms with Crippen molar-refractivity contribution in [2.75, 3.05) is 19.8 Å². The summed E-state index contributed by atoms with van der Waals surface area (Å²) in [6, 6.07) is 18.1. The summed E-state index contributed by atoms with van der Waals surface area (Å²) in [5, 5.41) is 9.03. The van der Waals surface area contributed by atoms with Gasteiger partial charge in [-0.2, -0.15) is 0 Å². The van der Waals surface area contributed by atoms with Crippen LogP contribution in [0.1, 0.15) is 37.7 Å². The Morgan fingerprint density at radius 1 is 1.03 bits per heavy atom. The fraction of sp³-hybridized carbons (Fsp3) is 0.480. The molecule has 6 rings (SSSR count). The number of ether oxygens (including phenoxy) is 3. The molecule has 158 valence electrons. The minimum absolute atomic E-state index is 0.0769.